The van der Waals surface area contributed by atoms with Gasteiger partial charge in [0.15, 0.2) is 23.1 Å². The summed E-state index contributed by atoms with van der Waals surface area (Å²) in [5.41, 5.74) is 2.73. The number of nitrogens with one attached hydrogen (secondary N) is 1. The number of aliphatic hydroxyl groups is 2. The highest BCUT2D eigenvalue weighted by Gasteiger charge is 2.55. The van der Waals surface area contributed by atoms with Gasteiger partial charge in [-0.05, 0) is 6.92 Å². The molecule has 9 nitrogen and oxygen atoms in total. The predicted molar refractivity (Wildman–Crippen MR) is 69.1 cm³/mol. The monoisotopic (exact) mass is 299 g/mol. The number of nitrogens with two attached hydrogens (primary N) is 1. The summed E-state index contributed by atoms with van der Waals surface area (Å²) in [5, 5.41) is 19.0. The van der Waals surface area contributed by atoms with Crippen molar-refractivity contribution in [3.05, 3.63) is 16.7 Å². The molecule has 3 rings (SSSR count). The van der Waals surface area contributed by atoms with Gasteiger partial charge in [-0.15, -0.1) is 0 Å². The molecule has 2 aromatic rings. The zero-order valence-electron chi connectivity index (χ0n) is 11.0. The first-order valence-corrected chi connectivity index (χ1v) is 6.22. The number of hydrogen-bond donors (Lipinski definition) is 4. The second-order valence-electron chi connectivity index (χ2n) is 5.08. The number of imidazole rings is 1. The highest BCUT2D eigenvalue weighted by molar-refractivity contribution is 5.70. The number of aromatic amines is 1. The summed E-state index contributed by atoms with van der Waals surface area (Å²) in [6, 6.07) is 0. The van der Waals surface area contributed by atoms with E-state index in [4.69, 9.17) is 15.6 Å². The third-order valence-electron chi connectivity index (χ3n) is 3.60. The molecule has 1 saturated heterocycles. The van der Waals surface area contributed by atoms with E-state index < -0.39 is 36.3 Å². The van der Waals surface area contributed by atoms with Gasteiger partial charge in [-0.3, -0.25) is 14.3 Å². The van der Waals surface area contributed by atoms with Crippen molar-refractivity contribution in [2.24, 2.45) is 0 Å². The van der Waals surface area contributed by atoms with Gasteiger partial charge in [0.2, 0.25) is 5.95 Å². The third kappa shape index (κ3) is 1.91. The Bertz CT molecular complexity index is 742. The van der Waals surface area contributed by atoms with Crippen molar-refractivity contribution in [1.82, 2.24) is 19.5 Å². The molecule has 0 aromatic carbocycles. The van der Waals surface area contributed by atoms with Crippen molar-refractivity contribution < 1.29 is 19.3 Å². The molecule has 1 aliphatic rings. The second kappa shape index (κ2) is 4.48. The average molecular weight is 299 g/mol. The van der Waals surface area contributed by atoms with Crippen LogP contribution in [-0.2, 0) is 4.74 Å². The number of fused-ring (bicyclic) bond motifs is 1. The van der Waals surface area contributed by atoms with E-state index in [1.165, 1.54) is 10.9 Å². The zero-order chi connectivity index (χ0) is 15.4. The zero-order valence-corrected chi connectivity index (χ0v) is 11.0. The predicted octanol–water partition coefficient (Wildman–Crippen LogP) is -1.32. The molecule has 5 N–H and O–H groups in total. The fraction of sp³-hybridized carbons (Fsp3) is 0.545. The van der Waals surface area contributed by atoms with Gasteiger partial charge in [-0.1, -0.05) is 0 Å². The van der Waals surface area contributed by atoms with Crippen molar-refractivity contribution in [2.75, 3.05) is 12.3 Å². The van der Waals surface area contributed by atoms with E-state index in [-0.39, 0.29) is 17.1 Å². The Hall–Kier alpha value is -2.04. The van der Waals surface area contributed by atoms with Crippen LogP contribution in [0.25, 0.3) is 11.2 Å². The van der Waals surface area contributed by atoms with E-state index >= 15 is 0 Å². The Morgan fingerprint density at radius 2 is 2.38 bits per heavy atom. The molecule has 0 spiro atoms. The maximum atomic E-state index is 14.7. The summed E-state index contributed by atoms with van der Waals surface area (Å²) >= 11 is 0. The second-order valence-corrected chi connectivity index (χ2v) is 5.08. The smallest absolute Gasteiger partial charge is 0.280 e. The Kier molecular flexibility index (Phi) is 2.97. The summed E-state index contributed by atoms with van der Waals surface area (Å²) in [5.74, 6) is -0.146. The van der Waals surface area contributed by atoms with Crippen molar-refractivity contribution in [3.8, 4) is 0 Å². The number of aromatic nitrogens is 4. The summed E-state index contributed by atoms with van der Waals surface area (Å²) in [6.07, 6.45) is -2.71. The minimum absolute atomic E-state index is 0.0226. The lowest BCUT2D eigenvalue weighted by atomic mass is 9.99. The first kappa shape index (κ1) is 13.9. The average Bonchev–Trinajstić information content (AvgIpc) is 2.91. The van der Waals surface area contributed by atoms with Crippen LogP contribution in [0, 0.1) is 0 Å². The number of anilines is 1. The van der Waals surface area contributed by atoms with Gasteiger partial charge in [0.05, 0.1) is 12.9 Å². The Labute approximate surface area is 117 Å². The molecule has 4 atom stereocenters. The topological polar surface area (TPSA) is 139 Å². The number of halogens is 1. The third-order valence-corrected chi connectivity index (χ3v) is 3.60. The Balaban J connectivity index is 2.15. The van der Waals surface area contributed by atoms with Crippen LogP contribution in [0.3, 0.4) is 0 Å². The lowest BCUT2D eigenvalue weighted by Gasteiger charge is -2.24. The number of rotatable bonds is 2. The quantitative estimate of drug-likeness (QED) is 0.539. The van der Waals surface area contributed by atoms with E-state index in [1.54, 1.807) is 0 Å². The van der Waals surface area contributed by atoms with E-state index in [9.17, 15) is 14.3 Å². The first-order chi connectivity index (χ1) is 9.86. The van der Waals surface area contributed by atoms with Gasteiger partial charge in [-0.25, -0.2) is 9.37 Å². The van der Waals surface area contributed by atoms with Crippen LogP contribution in [0.15, 0.2) is 11.1 Å². The van der Waals surface area contributed by atoms with Gasteiger partial charge >= 0.3 is 0 Å². The maximum absolute atomic E-state index is 14.7. The first-order valence-electron chi connectivity index (χ1n) is 6.22. The molecular weight excluding hydrogens is 285 g/mol. The summed E-state index contributed by atoms with van der Waals surface area (Å²) in [4.78, 5) is 21.7. The van der Waals surface area contributed by atoms with Crippen LogP contribution in [0.2, 0.25) is 0 Å². The van der Waals surface area contributed by atoms with Crippen LogP contribution < -0.4 is 11.3 Å². The molecule has 3 heterocycles. The minimum Gasteiger partial charge on any atom is -0.394 e. The van der Waals surface area contributed by atoms with Crippen molar-refractivity contribution in [3.63, 3.8) is 0 Å². The van der Waals surface area contributed by atoms with Crippen molar-refractivity contribution >= 4 is 17.1 Å². The van der Waals surface area contributed by atoms with Gasteiger partial charge in [0.25, 0.3) is 5.56 Å². The van der Waals surface area contributed by atoms with Gasteiger partial charge in [-0.2, -0.15) is 4.98 Å². The number of aliphatic hydroxyl groups excluding tert-OH is 2. The van der Waals surface area contributed by atoms with Gasteiger partial charge in [0, 0.05) is 0 Å². The fourth-order valence-electron chi connectivity index (χ4n) is 2.48. The Morgan fingerprint density at radius 3 is 3.00 bits per heavy atom. The van der Waals surface area contributed by atoms with E-state index in [1.807, 2.05) is 0 Å². The molecule has 0 aliphatic carbocycles. The summed E-state index contributed by atoms with van der Waals surface area (Å²) in [7, 11) is 0. The van der Waals surface area contributed by atoms with Crippen LogP contribution >= 0.6 is 0 Å². The SMILES string of the molecule is C[C@@]1(F)[C@@H](O)[C@@H](CO)O[C@H]1n1cnc2c(=O)[nH]c(N)nc21. The number of nitrogen functional groups attached to an aromatic ring is 1. The number of ether oxygens (including phenoxy) is 1. The fourth-order valence-corrected chi connectivity index (χ4v) is 2.48. The molecule has 0 saturated carbocycles. The van der Waals surface area contributed by atoms with Crippen LogP contribution in [0.1, 0.15) is 13.2 Å². The van der Waals surface area contributed by atoms with Crippen LogP contribution in [0.4, 0.5) is 10.3 Å². The molecule has 114 valence electrons. The van der Waals surface area contributed by atoms with E-state index in [0.717, 1.165) is 6.92 Å². The molecule has 0 radical (unpaired) electrons. The normalized spacial score (nSPS) is 32.9. The lowest BCUT2D eigenvalue weighted by molar-refractivity contribution is -0.0566. The lowest BCUT2D eigenvalue weighted by Crippen LogP contribution is -2.40. The molecular formula is C11H14FN5O4. The molecule has 0 bridgehead atoms. The molecule has 0 unspecified atom stereocenters. The standard InChI is InChI=1S/C11H14FN5O4/c1-11(12)6(19)4(2-18)21-9(11)17-3-14-5-7(17)15-10(13)16-8(5)20/h3-4,6,9,18-19H,2H2,1H3,(H3,13,15,16,20)/t4-,6+,9-,11-/m1/s1. The number of H-pyrrole nitrogens is 1. The van der Waals surface area contributed by atoms with Gasteiger partial charge < -0.3 is 20.7 Å². The number of hydrogen-bond acceptors (Lipinski definition) is 7. The highest BCUT2D eigenvalue weighted by atomic mass is 19.1. The molecule has 0 amide bonds. The Morgan fingerprint density at radius 1 is 1.67 bits per heavy atom. The number of alkyl halides is 1. The minimum atomic E-state index is -2.19. The molecule has 21 heavy (non-hydrogen) atoms. The van der Waals surface area contributed by atoms with Crippen LogP contribution in [-0.4, -0.2) is 54.2 Å². The molecule has 10 heteroatoms. The van der Waals surface area contributed by atoms with Crippen molar-refractivity contribution in [1.29, 1.82) is 0 Å². The van der Waals surface area contributed by atoms with E-state index in [2.05, 4.69) is 15.0 Å². The maximum Gasteiger partial charge on any atom is 0.280 e. The van der Waals surface area contributed by atoms with Crippen LogP contribution in [0.5, 0.6) is 0 Å². The highest BCUT2D eigenvalue weighted by Crippen LogP contribution is 2.41. The number of nitrogens with zero attached hydrogens (tertiary/aromatic N) is 3. The largest absolute Gasteiger partial charge is 0.394 e. The van der Waals surface area contributed by atoms with Gasteiger partial charge in [0.1, 0.15) is 12.2 Å². The van der Waals surface area contributed by atoms with Crippen molar-refractivity contribution in [2.45, 2.75) is 31.0 Å². The summed E-state index contributed by atoms with van der Waals surface area (Å²) < 4.78 is 21.2. The molecule has 2 aromatic heterocycles. The summed E-state index contributed by atoms with van der Waals surface area (Å²) in [6.45, 7) is 0.598. The molecule has 1 aliphatic heterocycles. The van der Waals surface area contributed by atoms with E-state index in [0.29, 0.717) is 0 Å². The molecule has 1 fully saturated rings.